The van der Waals surface area contributed by atoms with Gasteiger partial charge < -0.3 is 5.73 Å². The molecule has 0 aromatic carbocycles. The molecule has 1 unspecified atom stereocenters. The van der Waals surface area contributed by atoms with Gasteiger partial charge in [-0.15, -0.1) is 5.10 Å². The van der Waals surface area contributed by atoms with Crippen molar-refractivity contribution in [3.8, 4) is 0 Å². The van der Waals surface area contributed by atoms with E-state index in [0.717, 1.165) is 12.1 Å². The summed E-state index contributed by atoms with van der Waals surface area (Å²) in [5.74, 6) is 0. The van der Waals surface area contributed by atoms with Gasteiger partial charge in [0.15, 0.2) is 0 Å². The number of aromatic nitrogens is 3. The van der Waals surface area contributed by atoms with E-state index in [-0.39, 0.29) is 11.0 Å². The Morgan fingerprint density at radius 2 is 2.17 bits per heavy atom. The number of nitrogens with two attached hydrogens (primary N) is 1. The zero-order valence-electron chi connectivity index (χ0n) is 7.70. The van der Waals surface area contributed by atoms with Crippen LogP contribution >= 0.6 is 0 Å². The fourth-order valence-electron chi connectivity index (χ4n) is 1.64. The first-order valence-corrected chi connectivity index (χ1v) is 4.11. The van der Waals surface area contributed by atoms with Gasteiger partial charge in [-0.05, 0) is 11.8 Å². The summed E-state index contributed by atoms with van der Waals surface area (Å²) in [5.41, 5.74) is 7.00. The molecular weight excluding hydrogens is 152 g/mol. The second-order valence-electron chi connectivity index (χ2n) is 4.31. The molecule has 0 radical (unpaired) electrons. The van der Waals surface area contributed by atoms with Crippen LogP contribution in [0.4, 0.5) is 0 Å². The monoisotopic (exact) mass is 166 g/mol. The molecule has 0 spiro atoms. The molecule has 1 heterocycles. The van der Waals surface area contributed by atoms with E-state index >= 15 is 0 Å². The quantitative estimate of drug-likeness (QED) is 0.657. The summed E-state index contributed by atoms with van der Waals surface area (Å²) in [4.78, 5) is 0. The van der Waals surface area contributed by atoms with E-state index in [1.807, 2.05) is 13.2 Å². The van der Waals surface area contributed by atoms with Crippen LogP contribution in [-0.4, -0.2) is 15.0 Å². The van der Waals surface area contributed by atoms with Gasteiger partial charge in [-0.3, -0.25) is 4.68 Å². The minimum Gasteiger partial charge on any atom is -0.320 e. The lowest BCUT2D eigenvalue weighted by molar-refractivity contribution is 0.499. The first-order chi connectivity index (χ1) is 5.46. The van der Waals surface area contributed by atoms with Gasteiger partial charge in [0.1, 0.15) is 5.69 Å². The molecular formula is C8H14N4. The summed E-state index contributed by atoms with van der Waals surface area (Å²) < 4.78 is 1.69. The first kappa shape index (κ1) is 7.73. The van der Waals surface area contributed by atoms with Crippen LogP contribution in [0.2, 0.25) is 0 Å². The molecule has 1 aliphatic rings. The molecule has 0 bridgehead atoms. The van der Waals surface area contributed by atoms with Gasteiger partial charge in [-0.2, -0.15) is 0 Å². The molecule has 2 N–H and O–H groups in total. The van der Waals surface area contributed by atoms with Gasteiger partial charge in [0.05, 0.1) is 11.7 Å². The fourth-order valence-corrected chi connectivity index (χ4v) is 1.64. The lowest BCUT2D eigenvalue weighted by Crippen LogP contribution is -2.25. The van der Waals surface area contributed by atoms with E-state index in [0.29, 0.717) is 0 Å². The molecule has 0 amide bonds. The van der Waals surface area contributed by atoms with Crippen LogP contribution in [0.15, 0.2) is 6.20 Å². The molecule has 1 aromatic rings. The Morgan fingerprint density at radius 1 is 1.58 bits per heavy atom. The molecule has 1 aliphatic carbocycles. The van der Waals surface area contributed by atoms with Gasteiger partial charge in [-0.25, -0.2) is 0 Å². The van der Waals surface area contributed by atoms with Crippen LogP contribution in [0.1, 0.15) is 26.0 Å². The third-order valence-corrected chi connectivity index (χ3v) is 2.86. The van der Waals surface area contributed by atoms with Crippen LogP contribution in [0.3, 0.4) is 0 Å². The van der Waals surface area contributed by atoms with Crippen molar-refractivity contribution in [3.05, 3.63) is 11.9 Å². The van der Waals surface area contributed by atoms with Crippen molar-refractivity contribution in [2.75, 3.05) is 0 Å². The van der Waals surface area contributed by atoms with Gasteiger partial charge in [0.2, 0.25) is 0 Å². The summed E-state index contributed by atoms with van der Waals surface area (Å²) in [7, 11) is 1.86. The summed E-state index contributed by atoms with van der Waals surface area (Å²) in [6, 6.07) is 0. The zero-order valence-corrected chi connectivity index (χ0v) is 7.70. The summed E-state index contributed by atoms with van der Waals surface area (Å²) in [6.07, 6.45) is 2.90. The highest BCUT2D eigenvalue weighted by molar-refractivity contribution is 5.26. The largest absolute Gasteiger partial charge is 0.320 e. The van der Waals surface area contributed by atoms with E-state index in [4.69, 9.17) is 5.73 Å². The maximum Gasteiger partial charge on any atom is 0.103 e. The lowest BCUT2D eigenvalue weighted by Gasteiger charge is -2.10. The van der Waals surface area contributed by atoms with Crippen molar-refractivity contribution in [3.63, 3.8) is 0 Å². The number of nitrogens with zero attached hydrogens (tertiary/aromatic N) is 3. The van der Waals surface area contributed by atoms with E-state index < -0.39 is 0 Å². The van der Waals surface area contributed by atoms with Crippen molar-refractivity contribution < 1.29 is 0 Å². The lowest BCUT2D eigenvalue weighted by atomic mass is 10.0. The van der Waals surface area contributed by atoms with Crippen molar-refractivity contribution >= 4 is 0 Å². The van der Waals surface area contributed by atoms with Crippen molar-refractivity contribution in [1.82, 2.24) is 15.0 Å². The van der Waals surface area contributed by atoms with Gasteiger partial charge >= 0.3 is 0 Å². The molecule has 1 saturated carbocycles. The summed E-state index contributed by atoms with van der Waals surface area (Å²) >= 11 is 0. The van der Waals surface area contributed by atoms with Crippen LogP contribution < -0.4 is 5.73 Å². The molecule has 1 aromatic heterocycles. The molecule has 1 atom stereocenters. The third-order valence-electron chi connectivity index (χ3n) is 2.86. The summed E-state index contributed by atoms with van der Waals surface area (Å²) in [6.45, 7) is 4.31. The topological polar surface area (TPSA) is 56.7 Å². The minimum atomic E-state index is -0.235. The SMILES string of the molecule is Cn1cc(C2(N)CC2(C)C)nn1. The van der Waals surface area contributed by atoms with E-state index in [1.54, 1.807) is 4.68 Å². The minimum absolute atomic E-state index is 0.184. The smallest absolute Gasteiger partial charge is 0.103 e. The molecule has 2 rings (SSSR count). The molecule has 66 valence electrons. The van der Waals surface area contributed by atoms with E-state index in [2.05, 4.69) is 24.2 Å². The molecule has 12 heavy (non-hydrogen) atoms. The Balaban J connectivity index is 2.34. The first-order valence-electron chi connectivity index (χ1n) is 4.11. The Hall–Kier alpha value is -0.900. The summed E-state index contributed by atoms with van der Waals surface area (Å²) in [5, 5.41) is 7.91. The average molecular weight is 166 g/mol. The standard InChI is InChI=1S/C8H14N4/c1-7(2)5-8(7,9)6-4-12(3)11-10-6/h4H,5,9H2,1-3H3. The zero-order chi connectivity index (χ0) is 8.98. The van der Waals surface area contributed by atoms with Crippen molar-refractivity contribution in [1.29, 1.82) is 0 Å². The number of rotatable bonds is 1. The second-order valence-corrected chi connectivity index (χ2v) is 4.31. The van der Waals surface area contributed by atoms with Gasteiger partial charge in [0, 0.05) is 7.05 Å². The molecule has 0 aliphatic heterocycles. The average Bonchev–Trinajstić information content (AvgIpc) is 2.37. The van der Waals surface area contributed by atoms with E-state index in [1.165, 1.54) is 0 Å². The van der Waals surface area contributed by atoms with Crippen LogP contribution in [0, 0.1) is 5.41 Å². The van der Waals surface area contributed by atoms with Crippen molar-refractivity contribution in [2.24, 2.45) is 18.2 Å². The number of hydrogen-bond acceptors (Lipinski definition) is 3. The molecule has 1 fully saturated rings. The normalized spacial score (nSPS) is 32.0. The van der Waals surface area contributed by atoms with E-state index in [9.17, 15) is 0 Å². The predicted molar refractivity (Wildman–Crippen MR) is 45.3 cm³/mol. The van der Waals surface area contributed by atoms with Crippen LogP contribution in [-0.2, 0) is 12.6 Å². The fraction of sp³-hybridized carbons (Fsp3) is 0.750. The highest BCUT2D eigenvalue weighted by Crippen LogP contribution is 2.59. The predicted octanol–water partition coefficient (Wildman–Crippen LogP) is 0.399. The van der Waals surface area contributed by atoms with Gasteiger partial charge in [-0.1, -0.05) is 19.1 Å². The van der Waals surface area contributed by atoms with Crippen molar-refractivity contribution in [2.45, 2.75) is 25.8 Å². The second kappa shape index (κ2) is 1.88. The maximum absolute atomic E-state index is 6.14. The Morgan fingerprint density at radius 3 is 2.50 bits per heavy atom. The number of aryl methyl sites for hydroxylation is 1. The molecule has 4 nitrogen and oxygen atoms in total. The van der Waals surface area contributed by atoms with Gasteiger partial charge in [0.25, 0.3) is 0 Å². The van der Waals surface area contributed by atoms with Crippen LogP contribution in [0.25, 0.3) is 0 Å². The Bertz CT molecular complexity index is 315. The Kier molecular flexibility index (Phi) is 1.21. The number of hydrogen-bond donors (Lipinski definition) is 1. The molecule has 0 saturated heterocycles. The maximum atomic E-state index is 6.14. The third kappa shape index (κ3) is 0.813. The van der Waals surface area contributed by atoms with Crippen LogP contribution in [0.5, 0.6) is 0 Å². The Labute approximate surface area is 71.8 Å². The molecule has 4 heteroatoms. The highest BCUT2D eigenvalue weighted by Gasteiger charge is 2.61. The highest BCUT2D eigenvalue weighted by atomic mass is 15.4.